The predicted molar refractivity (Wildman–Crippen MR) is 83.7 cm³/mol. The number of carbonyl (C=O) groups is 3. The summed E-state index contributed by atoms with van der Waals surface area (Å²) in [7, 11) is 1.29. The molecule has 0 radical (unpaired) electrons. The molecule has 1 fully saturated rings. The highest BCUT2D eigenvalue weighted by Gasteiger charge is 2.38. The number of hydrogen-bond acceptors (Lipinski definition) is 6. The Bertz CT molecular complexity index is 529. The van der Waals surface area contributed by atoms with E-state index in [0.717, 1.165) is 5.70 Å². The van der Waals surface area contributed by atoms with Gasteiger partial charge in [0.05, 0.1) is 32.3 Å². The minimum atomic E-state index is -0.435. The molecule has 6 nitrogen and oxygen atoms in total. The molecule has 128 valence electrons. The molecule has 0 aromatic carbocycles. The van der Waals surface area contributed by atoms with E-state index in [9.17, 15) is 14.4 Å². The average Bonchev–Trinajstić information content (AvgIpc) is 2.51. The third kappa shape index (κ3) is 4.41. The van der Waals surface area contributed by atoms with Crippen molar-refractivity contribution in [2.24, 2.45) is 5.41 Å². The predicted octanol–water partition coefficient (Wildman–Crippen LogP) is 1.48. The van der Waals surface area contributed by atoms with Crippen molar-refractivity contribution >= 4 is 17.5 Å². The Kier molecular flexibility index (Phi) is 5.57. The number of hydrogen-bond donors (Lipinski definition) is 0. The molecule has 23 heavy (non-hydrogen) atoms. The van der Waals surface area contributed by atoms with E-state index in [1.165, 1.54) is 7.11 Å². The molecule has 0 unspecified atom stereocenters. The number of Topliss-reactive ketones (excluding diaryl/α,β-unsaturated/α-hetero) is 2. The summed E-state index contributed by atoms with van der Waals surface area (Å²) < 4.78 is 9.94. The number of allylic oxidation sites excluding steroid dienone is 2. The molecule has 1 heterocycles. The Labute approximate surface area is 136 Å². The Balaban J connectivity index is 2.26. The van der Waals surface area contributed by atoms with Crippen molar-refractivity contribution in [3.05, 3.63) is 11.3 Å². The fourth-order valence-electron chi connectivity index (χ4n) is 3.15. The quantitative estimate of drug-likeness (QED) is 0.564. The highest BCUT2D eigenvalue weighted by atomic mass is 16.5. The highest BCUT2D eigenvalue weighted by Crippen LogP contribution is 2.39. The second-order valence-corrected chi connectivity index (χ2v) is 6.86. The van der Waals surface area contributed by atoms with Gasteiger partial charge in [-0.25, -0.2) is 0 Å². The van der Waals surface area contributed by atoms with E-state index in [-0.39, 0.29) is 35.4 Å². The lowest BCUT2D eigenvalue weighted by Crippen LogP contribution is -2.41. The molecule has 0 spiro atoms. The normalized spacial score (nSPS) is 21.3. The standard InChI is InChI=1S/C17H25NO5/c1-17(2)10-12(18-6-8-23-9-7-18)16(14(20)11-17)13(19)4-5-15(21)22-3/h4-11H2,1-3H3. The summed E-state index contributed by atoms with van der Waals surface area (Å²) in [6, 6.07) is 0. The van der Waals surface area contributed by atoms with Gasteiger partial charge in [0.25, 0.3) is 0 Å². The van der Waals surface area contributed by atoms with Crippen molar-refractivity contribution < 1.29 is 23.9 Å². The topological polar surface area (TPSA) is 72.9 Å². The molecule has 6 heteroatoms. The number of esters is 1. The van der Waals surface area contributed by atoms with Crippen molar-refractivity contribution in [2.45, 2.75) is 39.5 Å². The Morgan fingerprint density at radius 1 is 1.17 bits per heavy atom. The number of morpholine rings is 1. The Morgan fingerprint density at radius 2 is 1.83 bits per heavy atom. The summed E-state index contributed by atoms with van der Waals surface area (Å²) in [4.78, 5) is 38.5. The van der Waals surface area contributed by atoms with E-state index in [4.69, 9.17) is 4.74 Å². The zero-order valence-electron chi connectivity index (χ0n) is 14.1. The second-order valence-electron chi connectivity index (χ2n) is 6.86. The lowest BCUT2D eigenvalue weighted by atomic mass is 9.74. The summed E-state index contributed by atoms with van der Waals surface area (Å²) in [6.07, 6.45) is 1.08. The Hall–Kier alpha value is -1.69. The van der Waals surface area contributed by atoms with Crippen LogP contribution in [0.3, 0.4) is 0 Å². The molecular weight excluding hydrogens is 298 g/mol. The third-order valence-electron chi connectivity index (χ3n) is 4.31. The van der Waals surface area contributed by atoms with E-state index in [1.54, 1.807) is 0 Å². The lowest BCUT2D eigenvalue weighted by Gasteiger charge is -2.39. The zero-order chi connectivity index (χ0) is 17.0. The number of rotatable bonds is 5. The summed E-state index contributed by atoms with van der Waals surface area (Å²) in [5.74, 6) is -0.800. The lowest BCUT2D eigenvalue weighted by molar-refractivity contribution is -0.142. The number of ether oxygens (including phenoxy) is 2. The van der Waals surface area contributed by atoms with Crippen LogP contribution in [0.4, 0.5) is 0 Å². The molecule has 0 saturated carbocycles. The largest absolute Gasteiger partial charge is 0.469 e. The SMILES string of the molecule is COC(=O)CCC(=O)C1=C(N2CCOCC2)CC(C)(C)CC1=O. The van der Waals surface area contributed by atoms with Crippen molar-refractivity contribution in [3.8, 4) is 0 Å². The van der Waals surface area contributed by atoms with Crippen LogP contribution in [0, 0.1) is 5.41 Å². The molecule has 0 atom stereocenters. The molecule has 0 N–H and O–H groups in total. The maximum Gasteiger partial charge on any atom is 0.305 e. The molecule has 1 saturated heterocycles. The van der Waals surface area contributed by atoms with Crippen LogP contribution in [0.15, 0.2) is 11.3 Å². The van der Waals surface area contributed by atoms with Crippen LogP contribution in [0.25, 0.3) is 0 Å². The molecule has 0 aromatic rings. The number of ketones is 2. The van der Waals surface area contributed by atoms with Gasteiger partial charge in [-0.05, 0) is 11.8 Å². The fraction of sp³-hybridized carbons (Fsp3) is 0.706. The second kappa shape index (κ2) is 7.25. The van der Waals surface area contributed by atoms with Crippen LogP contribution < -0.4 is 0 Å². The first kappa shape index (κ1) is 17.7. The number of carbonyl (C=O) groups excluding carboxylic acids is 3. The monoisotopic (exact) mass is 323 g/mol. The summed E-state index contributed by atoms with van der Waals surface area (Å²) in [5, 5.41) is 0. The van der Waals surface area contributed by atoms with Gasteiger partial charge in [-0.1, -0.05) is 13.8 Å². The van der Waals surface area contributed by atoms with E-state index in [2.05, 4.69) is 9.64 Å². The molecular formula is C17H25NO5. The van der Waals surface area contributed by atoms with E-state index < -0.39 is 5.97 Å². The average molecular weight is 323 g/mol. The first-order valence-electron chi connectivity index (χ1n) is 8.03. The maximum atomic E-state index is 12.6. The fourth-order valence-corrected chi connectivity index (χ4v) is 3.15. The maximum absolute atomic E-state index is 12.6. The first-order chi connectivity index (χ1) is 10.8. The van der Waals surface area contributed by atoms with Gasteiger partial charge in [0.2, 0.25) is 0 Å². The van der Waals surface area contributed by atoms with Crippen molar-refractivity contribution in [3.63, 3.8) is 0 Å². The van der Waals surface area contributed by atoms with Gasteiger partial charge in [-0.15, -0.1) is 0 Å². The third-order valence-corrected chi connectivity index (χ3v) is 4.31. The van der Waals surface area contributed by atoms with Gasteiger partial charge in [0.1, 0.15) is 0 Å². The van der Waals surface area contributed by atoms with Gasteiger partial charge in [0.15, 0.2) is 11.6 Å². The van der Waals surface area contributed by atoms with Crippen LogP contribution in [0.5, 0.6) is 0 Å². The minimum Gasteiger partial charge on any atom is -0.469 e. The molecule has 1 aliphatic carbocycles. The van der Waals surface area contributed by atoms with Crippen LogP contribution in [-0.2, 0) is 23.9 Å². The molecule has 2 rings (SSSR count). The summed E-state index contributed by atoms with van der Waals surface area (Å²) in [6.45, 7) is 6.66. The van der Waals surface area contributed by atoms with Crippen LogP contribution in [0.1, 0.15) is 39.5 Å². The van der Waals surface area contributed by atoms with Crippen molar-refractivity contribution in [1.82, 2.24) is 4.90 Å². The van der Waals surface area contributed by atoms with Gasteiger partial charge in [0, 0.05) is 31.6 Å². The molecule has 1 aliphatic heterocycles. The number of methoxy groups -OCH3 is 1. The van der Waals surface area contributed by atoms with Gasteiger partial charge in [-0.2, -0.15) is 0 Å². The van der Waals surface area contributed by atoms with E-state index >= 15 is 0 Å². The summed E-state index contributed by atoms with van der Waals surface area (Å²) in [5.41, 5.74) is 0.955. The molecule has 0 bridgehead atoms. The van der Waals surface area contributed by atoms with Crippen LogP contribution >= 0.6 is 0 Å². The van der Waals surface area contributed by atoms with E-state index in [0.29, 0.717) is 39.1 Å². The van der Waals surface area contributed by atoms with Crippen molar-refractivity contribution in [1.29, 1.82) is 0 Å². The molecule has 0 amide bonds. The summed E-state index contributed by atoms with van der Waals surface area (Å²) >= 11 is 0. The van der Waals surface area contributed by atoms with Crippen LogP contribution in [0.2, 0.25) is 0 Å². The number of nitrogens with zero attached hydrogens (tertiary/aromatic N) is 1. The highest BCUT2D eigenvalue weighted by molar-refractivity contribution is 6.21. The molecule has 2 aliphatic rings. The van der Waals surface area contributed by atoms with E-state index in [1.807, 2.05) is 13.8 Å². The first-order valence-corrected chi connectivity index (χ1v) is 8.03. The Morgan fingerprint density at radius 3 is 2.43 bits per heavy atom. The van der Waals surface area contributed by atoms with Gasteiger partial charge < -0.3 is 14.4 Å². The van der Waals surface area contributed by atoms with Crippen LogP contribution in [-0.4, -0.2) is 55.8 Å². The smallest absolute Gasteiger partial charge is 0.305 e. The van der Waals surface area contributed by atoms with Crippen molar-refractivity contribution in [2.75, 3.05) is 33.4 Å². The van der Waals surface area contributed by atoms with Gasteiger partial charge in [-0.3, -0.25) is 14.4 Å². The zero-order valence-corrected chi connectivity index (χ0v) is 14.1. The minimum absolute atomic E-state index is 0.00585. The molecule has 0 aromatic heterocycles. The van der Waals surface area contributed by atoms with Gasteiger partial charge >= 0.3 is 5.97 Å².